The van der Waals surface area contributed by atoms with Crippen molar-refractivity contribution in [3.05, 3.63) is 42.2 Å². The molecule has 1 aromatic carbocycles. The van der Waals surface area contributed by atoms with E-state index in [0.29, 0.717) is 12.1 Å². The maximum absolute atomic E-state index is 12.3. The van der Waals surface area contributed by atoms with Crippen molar-refractivity contribution in [2.75, 3.05) is 5.32 Å². The van der Waals surface area contributed by atoms with Crippen LogP contribution in [0, 0.1) is 6.92 Å². The Balaban J connectivity index is 1.93. The summed E-state index contributed by atoms with van der Waals surface area (Å²) in [6, 6.07) is 9.11. The zero-order chi connectivity index (χ0) is 18.8. The maximum atomic E-state index is 12.3. The number of nitrogens with zero attached hydrogens (tertiary/aromatic N) is 1. The summed E-state index contributed by atoms with van der Waals surface area (Å²) in [5, 5.41) is 13.1. The number of carbonyl (C=O) groups excluding carboxylic acids is 1. The fraction of sp³-hybridized carbons (Fsp3) is 0.455. The van der Waals surface area contributed by atoms with E-state index in [1.54, 1.807) is 18.3 Å². The molecule has 1 heterocycles. The topological polar surface area (TPSA) is 62.2 Å². The van der Waals surface area contributed by atoms with E-state index in [-0.39, 0.29) is 11.7 Å². The van der Waals surface area contributed by atoms with Crippen LogP contribution in [0.15, 0.2) is 36.5 Å². The average molecular weight is 354 g/mol. The molecule has 140 valence electrons. The first-order chi connectivity index (χ1) is 12.6. The minimum absolute atomic E-state index is 0.0490. The van der Waals surface area contributed by atoms with Gasteiger partial charge in [0.2, 0.25) is 5.91 Å². The highest BCUT2D eigenvalue weighted by atomic mass is 16.3. The van der Waals surface area contributed by atoms with E-state index in [2.05, 4.69) is 17.2 Å². The number of hydrogen-bond acceptors (Lipinski definition) is 3. The fourth-order valence-electron chi connectivity index (χ4n) is 3.07. The maximum Gasteiger partial charge on any atom is 0.224 e. The van der Waals surface area contributed by atoms with Crippen molar-refractivity contribution in [3.8, 4) is 16.9 Å². The highest BCUT2D eigenvalue weighted by Crippen LogP contribution is 2.35. The van der Waals surface area contributed by atoms with E-state index in [1.165, 1.54) is 32.1 Å². The van der Waals surface area contributed by atoms with Crippen LogP contribution in [0.1, 0.15) is 64.0 Å². The number of aromatic hydroxyl groups is 1. The predicted octanol–water partition coefficient (Wildman–Crippen LogP) is 5.84. The van der Waals surface area contributed by atoms with Gasteiger partial charge in [-0.25, -0.2) is 0 Å². The molecular weight excluding hydrogens is 324 g/mol. The first kappa shape index (κ1) is 20.0. The zero-order valence-corrected chi connectivity index (χ0v) is 15.9. The molecule has 0 atom stereocenters. The Morgan fingerprint density at radius 1 is 1.08 bits per heavy atom. The van der Waals surface area contributed by atoms with Gasteiger partial charge in [0.1, 0.15) is 5.75 Å². The summed E-state index contributed by atoms with van der Waals surface area (Å²) in [6.45, 7) is 4.13. The van der Waals surface area contributed by atoms with Crippen molar-refractivity contribution >= 4 is 11.6 Å². The van der Waals surface area contributed by atoms with Gasteiger partial charge in [0, 0.05) is 23.9 Å². The van der Waals surface area contributed by atoms with E-state index >= 15 is 0 Å². The Bertz CT molecular complexity index is 713. The summed E-state index contributed by atoms with van der Waals surface area (Å²) in [5.41, 5.74) is 3.11. The number of nitrogens with one attached hydrogen (secondary N) is 1. The normalized spacial score (nSPS) is 10.7. The van der Waals surface area contributed by atoms with E-state index in [1.807, 2.05) is 25.1 Å². The van der Waals surface area contributed by atoms with Crippen LogP contribution in [0.2, 0.25) is 0 Å². The largest absolute Gasteiger partial charge is 0.506 e. The second-order valence-electron chi connectivity index (χ2n) is 6.81. The van der Waals surface area contributed by atoms with Crippen molar-refractivity contribution in [1.29, 1.82) is 0 Å². The summed E-state index contributed by atoms with van der Waals surface area (Å²) in [6.07, 6.45) is 10.5. The lowest BCUT2D eigenvalue weighted by atomic mass is 10.0. The molecule has 26 heavy (non-hydrogen) atoms. The first-order valence-corrected chi connectivity index (χ1v) is 9.66. The Hall–Kier alpha value is -2.36. The molecule has 2 N–H and O–H groups in total. The summed E-state index contributed by atoms with van der Waals surface area (Å²) >= 11 is 0. The van der Waals surface area contributed by atoms with Crippen molar-refractivity contribution < 1.29 is 9.90 Å². The van der Waals surface area contributed by atoms with Gasteiger partial charge in [-0.2, -0.15) is 0 Å². The summed E-state index contributed by atoms with van der Waals surface area (Å²) in [7, 11) is 0. The van der Waals surface area contributed by atoms with Crippen LogP contribution in [-0.2, 0) is 4.79 Å². The number of hydrogen-bond donors (Lipinski definition) is 2. The molecule has 2 aromatic rings. The monoisotopic (exact) mass is 354 g/mol. The van der Waals surface area contributed by atoms with Crippen molar-refractivity contribution in [1.82, 2.24) is 4.98 Å². The van der Waals surface area contributed by atoms with Gasteiger partial charge in [-0.15, -0.1) is 0 Å². The molecule has 0 saturated carbocycles. The van der Waals surface area contributed by atoms with Gasteiger partial charge in [0.05, 0.1) is 5.69 Å². The highest BCUT2D eigenvalue weighted by Gasteiger charge is 2.13. The van der Waals surface area contributed by atoms with E-state index in [0.717, 1.165) is 29.7 Å². The molecule has 0 radical (unpaired) electrons. The molecule has 0 aliphatic carbocycles. The molecule has 0 unspecified atom stereocenters. The molecular formula is C22H30N2O2. The zero-order valence-electron chi connectivity index (χ0n) is 15.9. The smallest absolute Gasteiger partial charge is 0.224 e. The summed E-state index contributed by atoms with van der Waals surface area (Å²) in [4.78, 5) is 16.5. The van der Waals surface area contributed by atoms with Gasteiger partial charge >= 0.3 is 0 Å². The number of anilines is 1. The Kier molecular flexibility index (Phi) is 8.13. The van der Waals surface area contributed by atoms with E-state index in [9.17, 15) is 9.90 Å². The average Bonchev–Trinajstić information content (AvgIpc) is 2.62. The van der Waals surface area contributed by atoms with Crippen molar-refractivity contribution in [2.24, 2.45) is 0 Å². The molecule has 0 spiro atoms. The third kappa shape index (κ3) is 6.17. The lowest BCUT2D eigenvalue weighted by molar-refractivity contribution is -0.116. The number of carbonyl (C=O) groups is 1. The second kappa shape index (κ2) is 10.6. The lowest BCUT2D eigenvalue weighted by Gasteiger charge is -2.13. The number of benzene rings is 1. The third-order valence-corrected chi connectivity index (χ3v) is 4.52. The van der Waals surface area contributed by atoms with Gasteiger partial charge in [-0.05, 0) is 37.1 Å². The molecule has 2 rings (SSSR count). The van der Waals surface area contributed by atoms with Gasteiger partial charge in [-0.3, -0.25) is 9.78 Å². The number of rotatable bonds is 10. The Morgan fingerprint density at radius 2 is 1.81 bits per heavy atom. The number of amides is 1. The van der Waals surface area contributed by atoms with Gasteiger partial charge < -0.3 is 10.4 Å². The van der Waals surface area contributed by atoms with Crippen molar-refractivity contribution in [2.45, 2.75) is 65.2 Å². The molecule has 1 aromatic heterocycles. The Morgan fingerprint density at radius 3 is 2.54 bits per heavy atom. The van der Waals surface area contributed by atoms with Crippen LogP contribution < -0.4 is 5.32 Å². The van der Waals surface area contributed by atoms with E-state index < -0.39 is 0 Å². The summed E-state index contributed by atoms with van der Waals surface area (Å²) in [5.74, 6) is 0.0389. The number of phenolic OH excluding ortho intramolecular Hbond substituents is 1. The Labute approximate surface area is 156 Å². The van der Waals surface area contributed by atoms with Crippen LogP contribution in [0.5, 0.6) is 5.75 Å². The SMILES string of the molecule is CCCCCCCCCC(=O)Nc1c(O)cccc1-c1ccnc(C)c1. The molecule has 4 heteroatoms. The molecule has 0 saturated heterocycles. The van der Waals surface area contributed by atoms with Crippen LogP contribution in [0.25, 0.3) is 11.1 Å². The fourth-order valence-corrected chi connectivity index (χ4v) is 3.07. The molecule has 0 aliphatic rings. The number of aromatic nitrogens is 1. The highest BCUT2D eigenvalue weighted by molar-refractivity contribution is 5.97. The van der Waals surface area contributed by atoms with E-state index in [4.69, 9.17) is 0 Å². The molecule has 0 aliphatic heterocycles. The van der Waals surface area contributed by atoms with Crippen LogP contribution in [0.3, 0.4) is 0 Å². The molecule has 0 bridgehead atoms. The predicted molar refractivity (Wildman–Crippen MR) is 107 cm³/mol. The van der Waals surface area contributed by atoms with Crippen molar-refractivity contribution in [3.63, 3.8) is 0 Å². The van der Waals surface area contributed by atoms with Gasteiger partial charge in [-0.1, -0.05) is 57.6 Å². The van der Waals surface area contributed by atoms with Gasteiger partial charge in [0.25, 0.3) is 0 Å². The quantitative estimate of drug-likeness (QED) is 0.416. The summed E-state index contributed by atoms with van der Waals surface area (Å²) < 4.78 is 0. The standard InChI is InChI=1S/C22H30N2O2/c1-3-4-5-6-7-8-9-13-21(26)24-22-19(11-10-12-20(22)25)18-14-15-23-17(2)16-18/h10-12,14-16,25H,3-9,13H2,1-2H3,(H,24,26). The van der Waals surface area contributed by atoms with Crippen LogP contribution in [-0.4, -0.2) is 16.0 Å². The lowest BCUT2D eigenvalue weighted by Crippen LogP contribution is -2.12. The first-order valence-electron chi connectivity index (χ1n) is 9.66. The molecule has 4 nitrogen and oxygen atoms in total. The van der Waals surface area contributed by atoms with Crippen LogP contribution >= 0.6 is 0 Å². The number of para-hydroxylation sites is 1. The number of aryl methyl sites for hydroxylation is 1. The number of pyridine rings is 1. The van der Waals surface area contributed by atoms with Crippen LogP contribution in [0.4, 0.5) is 5.69 Å². The minimum atomic E-state index is -0.0490. The molecule has 0 fully saturated rings. The second-order valence-corrected chi connectivity index (χ2v) is 6.81. The number of unbranched alkanes of at least 4 members (excludes halogenated alkanes) is 6. The number of phenols is 1. The molecule has 1 amide bonds. The van der Waals surface area contributed by atoms with Gasteiger partial charge in [0.15, 0.2) is 0 Å². The minimum Gasteiger partial charge on any atom is -0.506 e. The third-order valence-electron chi connectivity index (χ3n) is 4.52.